The van der Waals surface area contributed by atoms with Gasteiger partial charge in [0.1, 0.15) is 5.01 Å². The highest BCUT2D eigenvalue weighted by molar-refractivity contribution is 7.99. The van der Waals surface area contributed by atoms with Crippen molar-refractivity contribution >= 4 is 50.8 Å². The summed E-state index contributed by atoms with van der Waals surface area (Å²) < 4.78 is 1.16. The largest absolute Gasteiger partial charge is 0.338 e. The molecule has 0 atom stereocenters. The van der Waals surface area contributed by atoms with Crippen molar-refractivity contribution in [3.05, 3.63) is 64.1 Å². The number of hydrogen-bond acceptors (Lipinski definition) is 4. The van der Waals surface area contributed by atoms with Crippen molar-refractivity contribution in [2.45, 2.75) is 12.3 Å². The van der Waals surface area contributed by atoms with Crippen molar-refractivity contribution in [2.75, 3.05) is 12.8 Å². The fraction of sp³-hybridized carbons (Fsp3) is 0.222. The lowest BCUT2D eigenvalue weighted by Gasteiger charge is -2.15. The number of thioether (sulfide) groups is 1. The highest BCUT2D eigenvalue weighted by Gasteiger charge is 2.12. The molecule has 124 valence electrons. The van der Waals surface area contributed by atoms with Crippen LogP contribution in [0, 0.1) is 0 Å². The first-order chi connectivity index (χ1) is 11.6. The maximum absolute atomic E-state index is 12.3. The van der Waals surface area contributed by atoms with E-state index >= 15 is 0 Å². The van der Waals surface area contributed by atoms with E-state index in [0.717, 1.165) is 31.6 Å². The molecule has 0 aliphatic heterocycles. The molecule has 0 saturated heterocycles. The minimum absolute atomic E-state index is 0.112. The second-order valence-electron chi connectivity index (χ2n) is 5.45. The number of rotatable bonds is 6. The number of aromatic nitrogens is 1. The lowest BCUT2D eigenvalue weighted by atomic mass is 10.2. The first kappa shape index (κ1) is 17.3. The van der Waals surface area contributed by atoms with Gasteiger partial charge in [-0.1, -0.05) is 35.9 Å². The van der Waals surface area contributed by atoms with Crippen molar-refractivity contribution in [1.29, 1.82) is 0 Å². The van der Waals surface area contributed by atoms with Crippen molar-refractivity contribution in [3.8, 4) is 0 Å². The van der Waals surface area contributed by atoms with Gasteiger partial charge in [0.25, 0.3) is 0 Å². The average Bonchev–Trinajstić information content (AvgIpc) is 2.97. The number of carbonyl (C=O) groups excluding carboxylic acids is 1. The topological polar surface area (TPSA) is 33.2 Å². The number of thiazole rings is 1. The Labute approximate surface area is 154 Å². The zero-order chi connectivity index (χ0) is 16.9. The monoisotopic (exact) mass is 376 g/mol. The molecule has 0 N–H and O–H groups in total. The van der Waals surface area contributed by atoms with Crippen LogP contribution in [0.5, 0.6) is 0 Å². The summed E-state index contributed by atoms with van der Waals surface area (Å²) in [5.41, 5.74) is 2.13. The number of hydrogen-bond donors (Lipinski definition) is 0. The van der Waals surface area contributed by atoms with Crippen molar-refractivity contribution in [3.63, 3.8) is 0 Å². The molecule has 2 aromatic carbocycles. The molecule has 1 heterocycles. The molecule has 24 heavy (non-hydrogen) atoms. The Kier molecular flexibility index (Phi) is 5.76. The molecule has 0 spiro atoms. The van der Waals surface area contributed by atoms with E-state index in [2.05, 4.69) is 11.1 Å². The van der Waals surface area contributed by atoms with Crippen LogP contribution in [0.3, 0.4) is 0 Å². The molecule has 1 amide bonds. The number of carbonyl (C=O) groups is 1. The first-order valence-electron chi connectivity index (χ1n) is 7.52. The summed E-state index contributed by atoms with van der Waals surface area (Å²) in [7, 11) is 1.83. The standard InChI is InChI=1S/C18H17ClN2OS2/c1-21(10-17-20-15-7-2-3-8-16(15)24-17)18(22)12-23-11-13-5-4-6-14(19)9-13/h2-9H,10-12H2,1H3. The molecule has 1 aromatic heterocycles. The summed E-state index contributed by atoms with van der Waals surface area (Å²) in [5.74, 6) is 1.34. The Morgan fingerprint density at radius 2 is 2.08 bits per heavy atom. The summed E-state index contributed by atoms with van der Waals surface area (Å²) >= 11 is 9.21. The van der Waals surface area contributed by atoms with Crippen molar-refractivity contribution in [1.82, 2.24) is 9.88 Å². The highest BCUT2D eigenvalue weighted by atomic mass is 35.5. The number of para-hydroxylation sites is 1. The Morgan fingerprint density at radius 1 is 1.25 bits per heavy atom. The number of nitrogens with zero attached hydrogens (tertiary/aromatic N) is 2. The lowest BCUT2D eigenvalue weighted by molar-refractivity contribution is -0.127. The molecule has 0 radical (unpaired) electrons. The maximum atomic E-state index is 12.3. The first-order valence-corrected chi connectivity index (χ1v) is 9.87. The van der Waals surface area contributed by atoms with Crippen LogP contribution >= 0.6 is 34.7 Å². The van der Waals surface area contributed by atoms with Crippen molar-refractivity contribution in [2.24, 2.45) is 0 Å². The van der Waals surface area contributed by atoms with E-state index < -0.39 is 0 Å². The van der Waals surface area contributed by atoms with Crippen LogP contribution in [0.4, 0.5) is 0 Å². The molecule has 3 nitrogen and oxygen atoms in total. The molecule has 0 bridgehead atoms. The molecule has 6 heteroatoms. The summed E-state index contributed by atoms with van der Waals surface area (Å²) in [6, 6.07) is 15.8. The Bertz CT molecular complexity index is 817. The summed E-state index contributed by atoms with van der Waals surface area (Å²) in [6.45, 7) is 0.551. The molecule has 3 rings (SSSR count). The van der Waals surface area contributed by atoms with Gasteiger partial charge < -0.3 is 4.90 Å². The molecule has 3 aromatic rings. The van der Waals surface area contributed by atoms with Gasteiger partial charge in [0.05, 0.1) is 22.5 Å². The van der Waals surface area contributed by atoms with E-state index in [4.69, 9.17) is 11.6 Å². The van der Waals surface area contributed by atoms with Crippen LogP contribution in [0.15, 0.2) is 48.5 Å². The van der Waals surface area contributed by atoms with Crippen molar-refractivity contribution < 1.29 is 4.79 Å². The van der Waals surface area contributed by atoms with Crippen LogP contribution < -0.4 is 0 Å². The average molecular weight is 377 g/mol. The summed E-state index contributed by atoms with van der Waals surface area (Å²) in [5, 5.41) is 1.69. The number of fused-ring (bicyclic) bond motifs is 1. The van der Waals surface area contributed by atoms with E-state index in [9.17, 15) is 4.79 Å². The van der Waals surface area contributed by atoms with Crippen LogP contribution in [0.1, 0.15) is 10.6 Å². The van der Waals surface area contributed by atoms with E-state index in [-0.39, 0.29) is 5.91 Å². The van der Waals surface area contributed by atoms with Crippen LogP contribution in [0.25, 0.3) is 10.2 Å². The molecular weight excluding hydrogens is 360 g/mol. The van der Waals surface area contributed by atoms with Gasteiger partial charge in [0.2, 0.25) is 5.91 Å². The summed E-state index contributed by atoms with van der Waals surface area (Å²) in [6.07, 6.45) is 0. The maximum Gasteiger partial charge on any atom is 0.232 e. The van der Waals surface area contributed by atoms with Gasteiger partial charge in [-0.05, 0) is 29.8 Å². The lowest BCUT2D eigenvalue weighted by Crippen LogP contribution is -2.27. The zero-order valence-corrected chi connectivity index (χ0v) is 15.6. The van der Waals surface area contributed by atoms with Crippen LogP contribution in [0.2, 0.25) is 5.02 Å². The van der Waals surface area contributed by atoms with Crippen LogP contribution in [-0.2, 0) is 17.1 Å². The molecule has 0 unspecified atom stereocenters. The Morgan fingerprint density at radius 3 is 2.88 bits per heavy atom. The molecule has 0 saturated carbocycles. The van der Waals surface area contributed by atoms with Gasteiger partial charge in [-0.15, -0.1) is 23.1 Å². The van der Waals surface area contributed by atoms with E-state index in [1.807, 2.05) is 49.5 Å². The number of benzene rings is 2. The fourth-order valence-corrected chi connectivity index (χ4v) is 4.42. The Hall–Kier alpha value is -1.56. The third-order valence-electron chi connectivity index (χ3n) is 3.52. The third-order valence-corrected chi connectivity index (χ3v) is 5.76. The molecule has 0 aliphatic carbocycles. The minimum Gasteiger partial charge on any atom is -0.338 e. The quantitative estimate of drug-likeness (QED) is 0.617. The predicted molar refractivity (Wildman–Crippen MR) is 104 cm³/mol. The molecule has 0 fully saturated rings. The minimum atomic E-state index is 0.112. The Balaban J connectivity index is 1.51. The van der Waals surface area contributed by atoms with Gasteiger partial charge in [0.15, 0.2) is 0 Å². The SMILES string of the molecule is CN(Cc1nc2ccccc2s1)C(=O)CSCc1cccc(Cl)c1. The molecule has 0 aliphatic rings. The van der Waals surface area contributed by atoms with Gasteiger partial charge in [-0.3, -0.25) is 4.79 Å². The predicted octanol–water partition coefficient (Wildman–Crippen LogP) is 4.84. The van der Waals surface area contributed by atoms with Crippen LogP contribution in [-0.4, -0.2) is 28.6 Å². The summed E-state index contributed by atoms with van der Waals surface area (Å²) in [4.78, 5) is 18.6. The van der Waals surface area contributed by atoms with Gasteiger partial charge in [-0.2, -0.15) is 0 Å². The van der Waals surface area contributed by atoms with Gasteiger partial charge in [-0.25, -0.2) is 4.98 Å². The second-order valence-corrected chi connectivity index (χ2v) is 7.99. The molecular formula is C18H17ClN2OS2. The normalized spacial score (nSPS) is 10.9. The third kappa shape index (κ3) is 4.50. The van der Waals surface area contributed by atoms with E-state index in [1.54, 1.807) is 28.0 Å². The fourth-order valence-electron chi connectivity index (χ4n) is 2.27. The van der Waals surface area contributed by atoms with Gasteiger partial charge >= 0.3 is 0 Å². The number of halogens is 1. The zero-order valence-electron chi connectivity index (χ0n) is 13.2. The van der Waals surface area contributed by atoms with E-state index in [1.165, 1.54) is 0 Å². The highest BCUT2D eigenvalue weighted by Crippen LogP contribution is 2.23. The second kappa shape index (κ2) is 8.01. The number of amides is 1. The smallest absolute Gasteiger partial charge is 0.232 e. The van der Waals surface area contributed by atoms with E-state index in [0.29, 0.717) is 12.3 Å². The van der Waals surface area contributed by atoms with Gasteiger partial charge in [0, 0.05) is 17.8 Å².